The Kier molecular flexibility index (Phi) is 6.50. The summed E-state index contributed by atoms with van der Waals surface area (Å²) in [4.78, 5) is 0. The first-order valence-corrected chi connectivity index (χ1v) is 7.92. The molecule has 0 saturated carbocycles. The summed E-state index contributed by atoms with van der Waals surface area (Å²) in [6.45, 7) is 7.37. The maximum atomic E-state index is 13.4. The number of benzene rings is 2. The Labute approximate surface area is 147 Å². The first kappa shape index (κ1) is 18.9. The molecule has 0 aliphatic heterocycles. The highest BCUT2D eigenvalue weighted by Crippen LogP contribution is 2.31. The number of rotatable bonds is 8. The van der Waals surface area contributed by atoms with Gasteiger partial charge in [-0.15, -0.1) is 0 Å². The molecular formula is C18H20BF2O4. The predicted octanol–water partition coefficient (Wildman–Crippen LogP) is 4.53. The highest BCUT2D eigenvalue weighted by atomic mass is 19.1. The Morgan fingerprint density at radius 1 is 0.680 bits per heavy atom. The third-order valence-corrected chi connectivity index (χ3v) is 2.89. The lowest BCUT2D eigenvalue weighted by atomic mass is 10.2. The molecule has 4 nitrogen and oxygen atoms in total. The summed E-state index contributed by atoms with van der Waals surface area (Å²) in [5.41, 5.74) is 0. The van der Waals surface area contributed by atoms with Crippen molar-refractivity contribution < 1.29 is 27.6 Å². The molecule has 0 aliphatic rings. The van der Waals surface area contributed by atoms with Gasteiger partial charge >= 0.3 is 7.69 Å². The van der Waals surface area contributed by atoms with E-state index in [1.165, 1.54) is 36.4 Å². The maximum absolute atomic E-state index is 13.4. The minimum absolute atomic E-state index is 0.108. The molecule has 0 amide bonds. The van der Waals surface area contributed by atoms with Crippen molar-refractivity contribution in [3.63, 3.8) is 0 Å². The zero-order chi connectivity index (χ0) is 18.4. The smallest absolute Gasteiger partial charge is 0.524 e. The van der Waals surface area contributed by atoms with Gasteiger partial charge in [-0.05, 0) is 52.0 Å². The van der Waals surface area contributed by atoms with Crippen LogP contribution in [0.5, 0.6) is 23.0 Å². The van der Waals surface area contributed by atoms with Crippen LogP contribution in [0.3, 0.4) is 0 Å². The van der Waals surface area contributed by atoms with Crippen LogP contribution in [0.25, 0.3) is 0 Å². The van der Waals surface area contributed by atoms with Gasteiger partial charge in [0.05, 0.1) is 12.2 Å². The van der Waals surface area contributed by atoms with Crippen molar-refractivity contribution in [3.05, 3.63) is 48.0 Å². The molecule has 0 aromatic heterocycles. The van der Waals surface area contributed by atoms with Crippen LogP contribution in [0, 0.1) is 11.6 Å². The van der Waals surface area contributed by atoms with Crippen molar-refractivity contribution in [2.24, 2.45) is 0 Å². The normalized spacial score (nSPS) is 10.7. The fraction of sp³-hybridized carbons (Fsp3) is 0.333. The Morgan fingerprint density at radius 2 is 1.08 bits per heavy atom. The van der Waals surface area contributed by atoms with Crippen LogP contribution in [0.2, 0.25) is 0 Å². The summed E-state index contributed by atoms with van der Waals surface area (Å²) in [7, 11) is 0.976. The number of hydrogen-bond acceptors (Lipinski definition) is 4. The number of ether oxygens (including phenoxy) is 2. The lowest BCUT2D eigenvalue weighted by Crippen LogP contribution is -2.15. The van der Waals surface area contributed by atoms with Crippen LogP contribution in [-0.4, -0.2) is 19.9 Å². The average Bonchev–Trinajstić information content (AvgIpc) is 2.51. The van der Waals surface area contributed by atoms with Gasteiger partial charge in [0.2, 0.25) is 0 Å². The SMILES string of the molecule is CC(C)Oc1ccc(F)cc1O[B]Oc1cc(F)ccc1OC(C)C. The van der Waals surface area contributed by atoms with E-state index in [-0.39, 0.29) is 23.7 Å². The zero-order valence-electron chi connectivity index (χ0n) is 14.6. The van der Waals surface area contributed by atoms with Crippen LogP contribution in [0.1, 0.15) is 27.7 Å². The van der Waals surface area contributed by atoms with E-state index in [4.69, 9.17) is 18.8 Å². The van der Waals surface area contributed by atoms with Gasteiger partial charge in [-0.1, -0.05) is 0 Å². The summed E-state index contributed by atoms with van der Waals surface area (Å²) in [6.07, 6.45) is -0.217. The molecule has 0 fully saturated rings. The minimum atomic E-state index is -0.478. The fourth-order valence-electron chi connectivity index (χ4n) is 1.98. The van der Waals surface area contributed by atoms with Crippen molar-refractivity contribution in [1.82, 2.24) is 0 Å². The third-order valence-electron chi connectivity index (χ3n) is 2.89. The zero-order valence-corrected chi connectivity index (χ0v) is 14.6. The Hall–Kier alpha value is -2.44. The van der Waals surface area contributed by atoms with E-state index in [0.29, 0.717) is 11.5 Å². The molecular weight excluding hydrogens is 329 g/mol. The molecule has 133 valence electrons. The van der Waals surface area contributed by atoms with Gasteiger partial charge in [-0.2, -0.15) is 0 Å². The van der Waals surface area contributed by atoms with E-state index < -0.39 is 11.6 Å². The molecule has 0 spiro atoms. The van der Waals surface area contributed by atoms with Crippen LogP contribution in [-0.2, 0) is 0 Å². The highest BCUT2D eigenvalue weighted by molar-refractivity contribution is 6.21. The van der Waals surface area contributed by atoms with E-state index in [1.54, 1.807) is 0 Å². The molecule has 25 heavy (non-hydrogen) atoms. The lowest BCUT2D eigenvalue weighted by Gasteiger charge is -2.16. The second-order valence-corrected chi connectivity index (χ2v) is 5.85. The Bertz CT molecular complexity index is 648. The highest BCUT2D eigenvalue weighted by Gasteiger charge is 2.14. The van der Waals surface area contributed by atoms with Crippen LogP contribution < -0.4 is 18.8 Å². The van der Waals surface area contributed by atoms with Gasteiger partial charge < -0.3 is 18.8 Å². The number of hydrogen-bond donors (Lipinski definition) is 0. The van der Waals surface area contributed by atoms with Crippen LogP contribution in [0.15, 0.2) is 36.4 Å². The standard InChI is InChI=1S/C18H20BF2O4/c1-11(2)22-15-7-5-13(20)9-17(15)24-19-25-18-10-14(21)6-8-16(18)23-12(3)4/h5-12H,1-4H3. The molecule has 2 aromatic carbocycles. The summed E-state index contributed by atoms with van der Waals surface area (Å²) in [6, 6.07) is 7.82. The molecule has 0 unspecified atom stereocenters. The van der Waals surface area contributed by atoms with Crippen molar-refractivity contribution in [2.75, 3.05) is 0 Å². The third kappa shape index (κ3) is 5.85. The lowest BCUT2D eigenvalue weighted by molar-refractivity contribution is 0.231. The van der Waals surface area contributed by atoms with Gasteiger partial charge in [0, 0.05) is 12.1 Å². The van der Waals surface area contributed by atoms with Crippen molar-refractivity contribution in [1.29, 1.82) is 0 Å². The minimum Gasteiger partial charge on any atom is -0.524 e. The summed E-state index contributed by atoms with van der Waals surface area (Å²) in [5, 5.41) is 0. The van der Waals surface area contributed by atoms with Crippen molar-refractivity contribution in [2.45, 2.75) is 39.9 Å². The second-order valence-electron chi connectivity index (χ2n) is 5.85. The Morgan fingerprint density at radius 3 is 1.44 bits per heavy atom. The topological polar surface area (TPSA) is 36.9 Å². The average molecular weight is 349 g/mol. The Balaban J connectivity index is 2.08. The molecule has 0 saturated heterocycles. The second kappa shape index (κ2) is 8.60. The summed E-state index contributed by atoms with van der Waals surface area (Å²) in [5.74, 6) is 0.0827. The molecule has 1 radical (unpaired) electrons. The van der Waals surface area contributed by atoms with Gasteiger partial charge in [-0.25, -0.2) is 8.78 Å². The van der Waals surface area contributed by atoms with Crippen LogP contribution >= 0.6 is 0 Å². The quantitative estimate of drug-likeness (QED) is 0.656. The molecule has 0 N–H and O–H groups in total. The largest absolute Gasteiger partial charge is 0.658 e. The van der Waals surface area contributed by atoms with E-state index in [2.05, 4.69) is 0 Å². The van der Waals surface area contributed by atoms with Crippen LogP contribution in [0.4, 0.5) is 8.78 Å². The first-order chi connectivity index (χ1) is 11.8. The first-order valence-electron chi connectivity index (χ1n) is 7.92. The van der Waals surface area contributed by atoms with Crippen molar-refractivity contribution >= 4 is 7.69 Å². The van der Waals surface area contributed by atoms with E-state index in [0.717, 1.165) is 7.69 Å². The molecule has 7 heteroatoms. The maximum Gasteiger partial charge on any atom is 0.658 e. The van der Waals surface area contributed by atoms with Gasteiger partial charge in [-0.3, -0.25) is 0 Å². The van der Waals surface area contributed by atoms with E-state index in [9.17, 15) is 8.78 Å². The molecule has 0 aliphatic carbocycles. The van der Waals surface area contributed by atoms with Crippen molar-refractivity contribution in [3.8, 4) is 23.0 Å². The molecule has 0 bridgehead atoms. The van der Waals surface area contributed by atoms with Gasteiger partial charge in [0.15, 0.2) is 11.5 Å². The number of halogens is 2. The molecule has 2 rings (SSSR count). The van der Waals surface area contributed by atoms with Gasteiger partial charge in [0.1, 0.15) is 23.1 Å². The van der Waals surface area contributed by atoms with E-state index in [1.807, 2.05) is 27.7 Å². The van der Waals surface area contributed by atoms with E-state index >= 15 is 0 Å². The summed E-state index contributed by atoms with van der Waals surface area (Å²) >= 11 is 0. The molecule has 0 heterocycles. The summed E-state index contributed by atoms with van der Waals surface area (Å²) < 4.78 is 48.6. The molecule has 2 aromatic rings. The monoisotopic (exact) mass is 349 g/mol. The fourth-order valence-corrected chi connectivity index (χ4v) is 1.98. The van der Waals surface area contributed by atoms with Gasteiger partial charge in [0.25, 0.3) is 0 Å². The molecule has 0 atom stereocenters. The predicted molar refractivity (Wildman–Crippen MR) is 91.3 cm³/mol.